The summed E-state index contributed by atoms with van der Waals surface area (Å²) in [5.41, 5.74) is 5.02. The molecule has 0 saturated carbocycles. The van der Waals surface area contributed by atoms with Crippen LogP contribution in [0.25, 0.3) is 0 Å². The molecule has 7 rings (SSSR count). The summed E-state index contributed by atoms with van der Waals surface area (Å²) in [6, 6.07) is 61.4. The first-order chi connectivity index (χ1) is 31.1. The van der Waals surface area contributed by atoms with Crippen LogP contribution in [0.2, 0.25) is 0 Å². The van der Waals surface area contributed by atoms with Crippen LogP contribution in [0.5, 0.6) is 0 Å². The van der Waals surface area contributed by atoms with Crippen molar-refractivity contribution in [3.63, 3.8) is 0 Å². The summed E-state index contributed by atoms with van der Waals surface area (Å²) in [4.78, 5) is 11.0. The van der Waals surface area contributed by atoms with Crippen molar-refractivity contribution in [1.82, 2.24) is 0 Å². The number of rotatable bonds is 25. The third kappa shape index (κ3) is 13.1. The maximum absolute atomic E-state index is 11.0. The van der Waals surface area contributed by atoms with Crippen molar-refractivity contribution in [3.8, 4) is 0 Å². The molecule has 0 amide bonds. The summed E-state index contributed by atoms with van der Waals surface area (Å²) in [5, 5.41) is 9.03. The van der Waals surface area contributed by atoms with E-state index in [4.69, 9.17) is 33.5 Å². The van der Waals surface area contributed by atoms with E-state index < -0.39 is 42.3 Å². The number of unbranched alkanes of at least 4 members (excludes halogenated alkanes) is 5. The second-order valence-electron chi connectivity index (χ2n) is 16.1. The number of benzene rings is 6. The van der Waals surface area contributed by atoms with Crippen LogP contribution in [0.4, 0.5) is 0 Å². The van der Waals surface area contributed by atoms with Crippen LogP contribution in [-0.4, -0.2) is 55.0 Å². The average Bonchev–Trinajstić information content (AvgIpc) is 3.34. The Bertz CT molecular complexity index is 2060. The molecule has 0 aliphatic carbocycles. The van der Waals surface area contributed by atoms with E-state index in [0.29, 0.717) is 32.8 Å². The Balaban J connectivity index is 1.23. The summed E-state index contributed by atoms with van der Waals surface area (Å²) in [5.74, 6) is -0.742. The topological polar surface area (TPSA) is 92.7 Å². The Hall–Kier alpha value is -5.45. The van der Waals surface area contributed by atoms with Crippen molar-refractivity contribution in [2.24, 2.45) is 0 Å². The first-order valence-electron chi connectivity index (χ1n) is 22.4. The molecule has 8 nitrogen and oxygen atoms in total. The van der Waals surface area contributed by atoms with Crippen molar-refractivity contribution in [3.05, 3.63) is 215 Å². The van der Waals surface area contributed by atoms with Gasteiger partial charge in [0.1, 0.15) is 30.0 Å². The zero-order chi connectivity index (χ0) is 43.4. The lowest BCUT2D eigenvalue weighted by atomic mass is 9.80. The molecule has 6 aromatic rings. The van der Waals surface area contributed by atoms with Gasteiger partial charge in [-0.05, 0) is 46.2 Å². The monoisotopic (exact) mass is 848 g/mol. The number of hydrogen-bond acceptors (Lipinski definition) is 7. The summed E-state index contributed by atoms with van der Waals surface area (Å²) in [6.45, 7) is 1.54. The van der Waals surface area contributed by atoms with E-state index in [9.17, 15) is 4.79 Å². The van der Waals surface area contributed by atoms with Crippen LogP contribution in [0.1, 0.15) is 78.3 Å². The van der Waals surface area contributed by atoms with E-state index in [-0.39, 0.29) is 13.0 Å². The molecule has 0 bridgehead atoms. The van der Waals surface area contributed by atoms with E-state index in [1.165, 1.54) is 0 Å². The lowest BCUT2D eigenvalue weighted by Gasteiger charge is -2.47. The molecule has 1 N–H and O–H groups in total. The molecule has 1 saturated heterocycles. The highest BCUT2D eigenvalue weighted by molar-refractivity contribution is 5.66. The largest absolute Gasteiger partial charge is 0.481 e. The van der Waals surface area contributed by atoms with E-state index in [1.807, 2.05) is 121 Å². The van der Waals surface area contributed by atoms with E-state index in [0.717, 1.165) is 65.5 Å². The summed E-state index contributed by atoms with van der Waals surface area (Å²) < 4.78 is 42.2. The first kappa shape index (κ1) is 45.6. The second-order valence-corrected chi connectivity index (χ2v) is 16.1. The lowest BCUT2D eigenvalue weighted by Crippen LogP contribution is -2.62. The molecule has 1 fully saturated rings. The van der Waals surface area contributed by atoms with Crippen LogP contribution in [-0.2, 0) is 58.6 Å². The van der Waals surface area contributed by atoms with Crippen molar-refractivity contribution >= 4 is 5.97 Å². The van der Waals surface area contributed by atoms with Gasteiger partial charge in [-0.15, -0.1) is 0 Å². The minimum atomic E-state index is -1.00. The van der Waals surface area contributed by atoms with Crippen LogP contribution >= 0.6 is 0 Å². The van der Waals surface area contributed by atoms with Gasteiger partial charge >= 0.3 is 5.97 Å². The fourth-order valence-electron chi connectivity index (χ4n) is 8.27. The summed E-state index contributed by atoms with van der Waals surface area (Å²) in [6.07, 6.45) is 2.17. The Kier molecular flexibility index (Phi) is 17.7. The molecule has 0 aromatic heterocycles. The quantitative estimate of drug-likeness (QED) is 0.0450. The normalized spacial score (nSPS) is 18.8. The molecule has 1 aliphatic rings. The Morgan fingerprint density at radius 1 is 0.460 bits per heavy atom. The number of carboxylic acids is 1. The van der Waals surface area contributed by atoms with Crippen molar-refractivity contribution in [1.29, 1.82) is 0 Å². The number of aliphatic carboxylic acids is 1. The first-order valence-corrected chi connectivity index (χ1v) is 22.4. The molecule has 0 spiro atoms. The zero-order valence-corrected chi connectivity index (χ0v) is 36.0. The molecular formula is C55H60O8. The highest BCUT2D eigenvalue weighted by atomic mass is 16.7. The SMILES string of the molecule is O=C(O)CCCCCCCCO[C@@H]1O[C@H](COC(c2ccccc2)(c2ccccc2)c2ccccc2)[C@@H](OCc2ccccc2)[C@H](OCc2ccccc2)[C@@H]1OCc1ccccc1. The highest BCUT2D eigenvalue weighted by Crippen LogP contribution is 2.42. The molecule has 1 aliphatic heterocycles. The van der Waals surface area contributed by atoms with Gasteiger partial charge in [-0.2, -0.15) is 0 Å². The summed E-state index contributed by atoms with van der Waals surface area (Å²) in [7, 11) is 0. The smallest absolute Gasteiger partial charge is 0.303 e. The minimum Gasteiger partial charge on any atom is -0.481 e. The maximum Gasteiger partial charge on any atom is 0.303 e. The van der Waals surface area contributed by atoms with E-state index >= 15 is 0 Å². The minimum absolute atomic E-state index is 0.130. The predicted octanol–water partition coefficient (Wildman–Crippen LogP) is 11.3. The van der Waals surface area contributed by atoms with Crippen LogP contribution in [0.3, 0.4) is 0 Å². The molecule has 5 atom stereocenters. The molecule has 0 unspecified atom stereocenters. The van der Waals surface area contributed by atoms with Gasteiger partial charge in [0, 0.05) is 13.0 Å². The third-order valence-electron chi connectivity index (χ3n) is 11.5. The molecule has 328 valence electrons. The van der Waals surface area contributed by atoms with Crippen molar-refractivity contribution in [2.45, 2.75) is 101 Å². The van der Waals surface area contributed by atoms with Gasteiger partial charge in [-0.1, -0.05) is 208 Å². The van der Waals surface area contributed by atoms with Crippen LogP contribution < -0.4 is 0 Å². The summed E-state index contributed by atoms with van der Waals surface area (Å²) >= 11 is 0. The van der Waals surface area contributed by atoms with Gasteiger partial charge in [0.2, 0.25) is 0 Å². The standard InChI is InChI=1S/C55H60O8/c56-50(57)37-23-3-1-2-4-24-38-58-54-53(61-41-45-29-15-7-16-30-45)52(60-40-44-27-13-6-14-28-44)51(59-39-43-25-11-5-12-26-43)49(63-54)42-62-55(46-31-17-8-18-32-46,47-33-19-9-20-34-47)48-35-21-10-22-36-48/h5-22,25-36,49,51-54H,1-4,23-24,37-42H2,(H,56,57)/t49-,51-,52+,53+,54-/m1/s1. The van der Waals surface area contributed by atoms with Gasteiger partial charge in [0.15, 0.2) is 6.29 Å². The fourth-order valence-corrected chi connectivity index (χ4v) is 8.27. The molecule has 0 radical (unpaired) electrons. The van der Waals surface area contributed by atoms with Gasteiger partial charge in [-0.3, -0.25) is 4.79 Å². The van der Waals surface area contributed by atoms with E-state index in [1.54, 1.807) is 0 Å². The van der Waals surface area contributed by atoms with E-state index in [2.05, 4.69) is 60.7 Å². The molecule has 63 heavy (non-hydrogen) atoms. The fraction of sp³-hybridized carbons (Fsp3) is 0.327. The van der Waals surface area contributed by atoms with Crippen molar-refractivity contribution in [2.75, 3.05) is 13.2 Å². The number of carboxylic acid groups (broad SMARTS) is 1. The molecule has 8 heteroatoms. The number of carbonyl (C=O) groups is 1. The van der Waals surface area contributed by atoms with Gasteiger partial charge in [0.05, 0.1) is 26.4 Å². The average molecular weight is 849 g/mol. The van der Waals surface area contributed by atoms with Gasteiger partial charge in [0.25, 0.3) is 0 Å². The Morgan fingerprint density at radius 3 is 1.29 bits per heavy atom. The van der Waals surface area contributed by atoms with Crippen molar-refractivity contribution < 1.29 is 38.3 Å². The lowest BCUT2D eigenvalue weighted by molar-refractivity contribution is -0.330. The van der Waals surface area contributed by atoms with Gasteiger partial charge < -0.3 is 33.5 Å². The Labute approximate surface area is 372 Å². The highest BCUT2D eigenvalue weighted by Gasteiger charge is 2.50. The van der Waals surface area contributed by atoms with Crippen LogP contribution in [0, 0.1) is 0 Å². The maximum atomic E-state index is 11.0. The predicted molar refractivity (Wildman–Crippen MR) is 245 cm³/mol. The number of hydrogen-bond donors (Lipinski definition) is 1. The Morgan fingerprint density at radius 2 is 0.841 bits per heavy atom. The molecule has 1 heterocycles. The van der Waals surface area contributed by atoms with Gasteiger partial charge in [-0.25, -0.2) is 0 Å². The molecular weight excluding hydrogens is 789 g/mol. The third-order valence-corrected chi connectivity index (χ3v) is 11.5. The van der Waals surface area contributed by atoms with Crippen LogP contribution in [0.15, 0.2) is 182 Å². The second kappa shape index (κ2) is 24.4. The number of ether oxygens (including phenoxy) is 6. The zero-order valence-electron chi connectivity index (χ0n) is 36.0. The molecule has 6 aromatic carbocycles.